The van der Waals surface area contributed by atoms with Crippen molar-refractivity contribution < 1.29 is 0 Å². The average Bonchev–Trinajstić information content (AvgIpc) is 2.15. The molecule has 0 aliphatic heterocycles. The highest BCUT2D eigenvalue weighted by molar-refractivity contribution is 8.00. The Bertz CT molecular complexity index is 141. The molecule has 0 saturated heterocycles. The van der Waals surface area contributed by atoms with Crippen LogP contribution in [0, 0.1) is 0 Å². The lowest BCUT2D eigenvalue weighted by molar-refractivity contribution is 0.375. The lowest BCUT2D eigenvalue weighted by atomic mass is 9.95. The van der Waals surface area contributed by atoms with Crippen LogP contribution in [0.15, 0.2) is 0 Å². The highest BCUT2D eigenvalue weighted by Crippen LogP contribution is 2.19. The molecule has 1 saturated carbocycles. The fourth-order valence-electron chi connectivity index (χ4n) is 2.15. The van der Waals surface area contributed by atoms with Crippen LogP contribution >= 0.6 is 11.8 Å². The van der Waals surface area contributed by atoms with Crippen molar-refractivity contribution in [1.29, 1.82) is 0 Å². The molecular weight excluding hydrogens is 190 g/mol. The van der Waals surface area contributed by atoms with Gasteiger partial charge in [0.1, 0.15) is 0 Å². The number of hydrogen-bond donors (Lipinski definition) is 1. The summed E-state index contributed by atoms with van der Waals surface area (Å²) in [5, 5.41) is 5.23. The second kappa shape index (κ2) is 6.73. The Morgan fingerprint density at radius 2 is 1.79 bits per heavy atom. The van der Waals surface area contributed by atoms with E-state index >= 15 is 0 Å². The van der Waals surface area contributed by atoms with Crippen LogP contribution in [0.5, 0.6) is 0 Å². The number of thioether (sulfide) groups is 1. The minimum atomic E-state index is 0.761. The van der Waals surface area contributed by atoms with Crippen molar-refractivity contribution >= 4 is 11.8 Å². The molecule has 1 N–H and O–H groups in total. The molecule has 0 aromatic heterocycles. The topological polar surface area (TPSA) is 12.0 Å². The molecule has 1 unspecified atom stereocenters. The molecule has 0 aromatic carbocycles. The third kappa shape index (κ3) is 5.26. The molecule has 0 spiro atoms. The number of nitrogens with one attached hydrogen (secondary N) is 1. The molecule has 14 heavy (non-hydrogen) atoms. The third-order valence-corrected chi connectivity index (χ3v) is 3.98. The summed E-state index contributed by atoms with van der Waals surface area (Å²) in [5.74, 6) is 0. The van der Waals surface area contributed by atoms with Crippen molar-refractivity contribution in [3.8, 4) is 0 Å². The van der Waals surface area contributed by atoms with Gasteiger partial charge in [0.15, 0.2) is 0 Å². The minimum Gasteiger partial charge on any atom is -0.313 e. The first kappa shape index (κ1) is 12.4. The lowest BCUT2D eigenvalue weighted by Gasteiger charge is -2.25. The molecular formula is C12H25NS. The van der Waals surface area contributed by atoms with E-state index in [1.165, 1.54) is 38.6 Å². The van der Waals surface area contributed by atoms with E-state index in [1.807, 2.05) is 0 Å². The Morgan fingerprint density at radius 1 is 1.14 bits per heavy atom. The van der Waals surface area contributed by atoms with Crippen molar-refractivity contribution in [3.05, 3.63) is 0 Å². The zero-order valence-electron chi connectivity index (χ0n) is 9.88. The van der Waals surface area contributed by atoms with Gasteiger partial charge in [0.05, 0.1) is 0 Å². The van der Waals surface area contributed by atoms with Crippen molar-refractivity contribution in [3.63, 3.8) is 0 Å². The predicted octanol–water partition coefficient (Wildman–Crippen LogP) is 3.44. The second-order valence-corrected chi connectivity index (χ2v) is 6.76. The van der Waals surface area contributed by atoms with Gasteiger partial charge >= 0.3 is 0 Å². The van der Waals surface area contributed by atoms with Crippen molar-refractivity contribution in [2.45, 2.75) is 69.4 Å². The molecule has 0 aromatic rings. The Labute approximate surface area is 93.4 Å². The van der Waals surface area contributed by atoms with Crippen LogP contribution in [0.1, 0.15) is 52.9 Å². The minimum absolute atomic E-state index is 0.761. The van der Waals surface area contributed by atoms with Gasteiger partial charge in [0.2, 0.25) is 0 Å². The van der Waals surface area contributed by atoms with Gasteiger partial charge < -0.3 is 5.32 Å². The predicted molar refractivity (Wildman–Crippen MR) is 67.1 cm³/mol. The van der Waals surface area contributed by atoms with Gasteiger partial charge in [-0.15, -0.1) is 0 Å². The highest BCUT2D eigenvalue weighted by Gasteiger charge is 2.13. The van der Waals surface area contributed by atoms with E-state index in [0.29, 0.717) is 0 Å². The molecule has 1 fully saturated rings. The molecule has 1 aliphatic rings. The van der Waals surface area contributed by atoms with E-state index in [0.717, 1.165) is 16.5 Å². The molecule has 2 heteroatoms. The van der Waals surface area contributed by atoms with Crippen LogP contribution in [0.4, 0.5) is 0 Å². The summed E-state index contributed by atoms with van der Waals surface area (Å²) in [6.07, 6.45) is 7.12. The Balaban J connectivity index is 2.06. The second-order valence-electron chi connectivity index (χ2n) is 4.74. The Morgan fingerprint density at radius 3 is 2.36 bits per heavy atom. The van der Waals surface area contributed by atoms with Gasteiger partial charge in [0.25, 0.3) is 0 Å². The first-order valence-electron chi connectivity index (χ1n) is 6.07. The molecule has 0 radical (unpaired) electrons. The molecule has 84 valence electrons. The Hall–Kier alpha value is 0.310. The van der Waals surface area contributed by atoms with E-state index in [1.54, 1.807) is 0 Å². The molecule has 0 amide bonds. The fourth-order valence-corrected chi connectivity index (χ4v) is 3.27. The van der Waals surface area contributed by atoms with Gasteiger partial charge in [-0.25, -0.2) is 0 Å². The summed E-state index contributed by atoms with van der Waals surface area (Å²) in [6, 6.07) is 0.818. The normalized spacial score (nSPS) is 21.4. The molecule has 0 heterocycles. The van der Waals surface area contributed by atoms with Crippen molar-refractivity contribution in [2.24, 2.45) is 0 Å². The molecule has 1 rings (SSSR count). The van der Waals surface area contributed by atoms with Crippen LogP contribution in [0.25, 0.3) is 0 Å². The van der Waals surface area contributed by atoms with E-state index in [-0.39, 0.29) is 0 Å². The smallest absolute Gasteiger partial charge is 0.0146 e. The van der Waals surface area contributed by atoms with Gasteiger partial charge in [-0.05, 0) is 18.1 Å². The van der Waals surface area contributed by atoms with Gasteiger partial charge in [-0.1, -0.05) is 40.0 Å². The van der Waals surface area contributed by atoms with Crippen molar-refractivity contribution in [1.82, 2.24) is 5.32 Å². The highest BCUT2D eigenvalue weighted by atomic mass is 32.2. The SMILES string of the molecule is CC(C)SC(C)CNC1CCCCC1. The number of rotatable bonds is 5. The number of hydrogen-bond acceptors (Lipinski definition) is 2. The van der Waals surface area contributed by atoms with Crippen LogP contribution in [-0.4, -0.2) is 23.1 Å². The van der Waals surface area contributed by atoms with E-state index in [4.69, 9.17) is 0 Å². The maximum absolute atomic E-state index is 3.71. The lowest BCUT2D eigenvalue weighted by Crippen LogP contribution is -2.35. The van der Waals surface area contributed by atoms with Crippen LogP contribution in [-0.2, 0) is 0 Å². The fraction of sp³-hybridized carbons (Fsp3) is 1.00. The third-order valence-electron chi connectivity index (χ3n) is 2.80. The van der Waals surface area contributed by atoms with E-state index in [2.05, 4.69) is 37.8 Å². The summed E-state index contributed by atoms with van der Waals surface area (Å²) >= 11 is 2.08. The maximum atomic E-state index is 3.71. The zero-order valence-corrected chi connectivity index (χ0v) is 10.7. The molecule has 1 atom stereocenters. The largest absolute Gasteiger partial charge is 0.313 e. The summed E-state index contributed by atoms with van der Waals surface area (Å²) in [7, 11) is 0. The standard InChI is InChI=1S/C12H25NS/c1-10(2)14-11(3)9-13-12-7-5-4-6-8-12/h10-13H,4-9H2,1-3H3. The molecule has 1 nitrogen and oxygen atoms in total. The van der Waals surface area contributed by atoms with Crippen LogP contribution in [0.2, 0.25) is 0 Å². The molecule has 0 bridgehead atoms. The summed E-state index contributed by atoms with van der Waals surface area (Å²) < 4.78 is 0. The quantitative estimate of drug-likeness (QED) is 0.754. The van der Waals surface area contributed by atoms with Crippen LogP contribution in [0.3, 0.4) is 0 Å². The van der Waals surface area contributed by atoms with Crippen molar-refractivity contribution in [2.75, 3.05) is 6.54 Å². The van der Waals surface area contributed by atoms with E-state index in [9.17, 15) is 0 Å². The van der Waals surface area contributed by atoms with Gasteiger partial charge in [-0.2, -0.15) is 11.8 Å². The summed E-state index contributed by atoms with van der Waals surface area (Å²) in [4.78, 5) is 0. The molecule has 1 aliphatic carbocycles. The first-order valence-corrected chi connectivity index (χ1v) is 7.01. The summed E-state index contributed by atoms with van der Waals surface area (Å²) in [5.41, 5.74) is 0. The van der Waals surface area contributed by atoms with E-state index < -0.39 is 0 Å². The van der Waals surface area contributed by atoms with Gasteiger partial charge in [-0.3, -0.25) is 0 Å². The zero-order chi connectivity index (χ0) is 10.4. The van der Waals surface area contributed by atoms with Crippen LogP contribution < -0.4 is 5.32 Å². The Kier molecular flexibility index (Phi) is 5.95. The van der Waals surface area contributed by atoms with Gasteiger partial charge in [0, 0.05) is 17.8 Å². The summed E-state index contributed by atoms with van der Waals surface area (Å²) in [6.45, 7) is 8.08. The first-order chi connectivity index (χ1) is 6.68. The maximum Gasteiger partial charge on any atom is 0.0146 e. The monoisotopic (exact) mass is 215 g/mol. The average molecular weight is 215 g/mol.